The Morgan fingerprint density at radius 1 is 1.19 bits per heavy atom. The molecule has 2 aromatic heterocycles. The van der Waals surface area contributed by atoms with Crippen molar-refractivity contribution in [3.63, 3.8) is 0 Å². The standard InChI is InChI=1S/C21H18ClN3OS/c1-13-3-8-18(14(2)9-13)23-20(26)10-17-12-27-21-24-19(11-25(17)21)15-4-6-16(22)7-5-15/h3-9,11-12H,10H2,1-2H3,(H,23,26). The second-order valence-electron chi connectivity index (χ2n) is 6.56. The van der Waals surface area contributed by atoms with Crippen LogP contribution in [-0.4, -0.2) is 15.3 Å². The number of nitrogens with one attached hydrogen (secondary N) is 1. The number of halogens is 1. The summed E-state index contributed by atoms with van der Waals surface area (Å²) in [5, 5.41) is 5.68. The number of carbonyl (C=O) groups excluding carboxylic acids is 1. The van der Waals surface area contributed by atoms with Crippen molar-refractivity contribution < 1.29 is 4.79 Å². The highest BCUT2D eigenvalue weighted by molar-refractivity contribution is 7.15. The van der Waals surface area contributed by atoms with Gasteiger partial charge in [0, 0.05) is 33.5 Å². The molecule has 1 amide bonds. The van der Waals surface area contributed by atoms with Crippen molar-refractivity contribution >= 4 is 39.5 Å². The van der Waals surface area contributed by atoms with Gasteiger partial charge in [-0.2, -0.15) is 0 Å². The van der Waals surface area contributed by atoms with E-state index in [2.05, 4.69) is 16.4 Å². The molecule has 0 aliphatic rings. The molecule has 2 heterocycles. The summed E-state index contributed by atoms with van der Waals surface area (Å²) in [5.74, 6) is -0.0385. The molecule has 0 bridgehead atoms. The lowest BCUT2D eigenvalue weighted by molar-refractivity contribution is -0.115. The van der Waals surface area contributed by atoms with Crippen LogP contribution < -0.4 is 5.32 Å². The zero-order valence-electron chi connectivity index (χ0n) is 15.0. The van der Waals surface area contributed by atoms with Gasteiger partial charge in [0.25, 0.3) is 0 Å². The predicted molar refractivity (Wildman–Crippen MR) is 112 cm³/mol. The van der Waals surface area contributed by atoms with Crippen LogP contribution in [-0.2, 0) is 11.2 Å². The Labute approximate surface area is 166 Å². The highest BCUT2D eigenvalue weighted by Crippen LogP contribution is 2.25. The number of hydrogen-bond acceptors (Lipinski definition) is 3. The molecule has 27 heavy (non-hydrogen) atoms. The fourth-order valence-corrected chi connectivity index (χ4v) is 4.03. The van der Waals surface area contributed by atoms with Crippen molar-refractivity contribution in [3.8, 4) is 11.3 Å². The van der Waals surface area contributed by atoms with Crippen molar-refractivity contribution in [1.29, 1.82) is 0 Å². The number of nitrogens with zero attached hydrogens (tertiary/aromatic N) is 2. The second kappa shape index (κ2) is 7.18. The monoisotopic (exact) mass is 395 g/mol. The van der Waals surface area contributed by atoms with Crippen LogP contribution in [0.5, 0.6) is 0 Å². The van der Waals surface area contributed by atoms with E-state index in [4.69, 9.17) is 11.6 Å². The molecule has 0 unspecified atom stereocenters. The number of aryl methyl sites for hydroxylation is 2. The molecule has 4 aromatic rings. The number of amides is 1. The minimum atomic E-state index is -0.0385. The summed E-state index contributed by atoms with van der Waals surface area (Å²) in [7, 11) is 0. The lowest BCUT2D eigenvalue weighted by Gasteiger charge is -2.09. The molecule has 2 aromatic carbocycles. The molecule has 6 heteroatoms. The van der Waals surface area contributed by atoms with Gasteiger partial charge in [0.2, 0.25) is 5.91 Å². The van der Waals surface area contributed by atoms with Crippen LogP contribution in [0.4, 0.5) is 5.69 Å². The lowest BCUT2D eigenvalue weighted by Crippen LogP contribution is -2.16. The molecule has 0 aliphatic carbocycles. The van der Waals surface area contributed by atoms with E-state index in [0.29, 0.717) is 11.4 Å². The van der Waals surface area contributed by atoms with Gasteiger partial charge in [-0.15, -0.1) is 11.3 Å². The zero-order valence-corrected chi connectivity index (χ0v) is 16.6. The van der Waals surface area contributed by atoms with Gasteiger partial charge in [-0.05, 0) is 37.6 Å². The van der Waals surface area contributed by atoms with Gasteiger partial charge in [-0.25, -0.2) is 4.98 Å². The van der Waals surface area contributed by atoms with Crippen LogP contribution >= 0.6 is 22.9 Å². The van der Waals surface area contributed by atoms with Crippen molar-refractivity contribution in [3.05, 3.63) is 75.9 Å². The highest BCUT2D eigenvalue weighted by atomic mass is 35.5. The van der Waals surface area contributed by atoms with Gasteiger partial charge >= 0.3 is 0 Å². The number of imidazole rings is 1. The maximum Gasteiger partial charge on any atom is 0.230 e. The summed E-state index contributed by atoms with van der Waals surface area (Å²) in [6.07, 6.45) is 2.26. The number of fused-ring (bicyclic) bond motifs is 1. The zero-order chi connectivity index (χ0) is 19.0. The molecule has 4 rings (SSSR count). The van der Waals surface area contributed by atoms with Crippen LogP contribution in [0.3, 0.4) is 0 Å². The maximum absolute atomic E-state index is 12.5. The Bertz CT molecular complexity index is 1130. The van der Waals surface area contributed by atoms with Crippen LogP contribution in [0, 0.1) is 13.8 Å². The van der Waals surface area contributed by atoms with E-state index in [1.165, 1.54) is 16.9 Å². The van der Waals surface area contributed by atoms with Gasteiger partial charge in [-0.1, -0.05) is 41.4 Å². The van der Waals surface area contributed by atoms with E-state index in [-0.39, 0.29) is 5.91 Å². The Hall–Kier alpha value is -2.63. The molecule has 0 saturated carbocycles. The van der Waals surface area contributed by atoms with E-state index in [9.17, 15) is 4.79 Å². The SMILES string of the molecule is Cc1ccc(NC(=O)Cc2csc3nc(-c4ccc(Cl)cc4)cn23)c(C)c1. The summed E-state index contributed by atoms with van der Waals surface area (Å²) in [5.41, 5.74) is 5.88. The van der Waals surface area contributed by atoms with E-state index < -0.39 is 0 Å². The smallest absolute Gasteiger partial charge is 0.230 e. The maximum atomic E-state index is 12.5. The lowest BCUT2D eigenvalue weighted by atomic mass is 10.1. The third kappa shape index (κ3) is 3.75. The molecule has 4 nitrogen and oxygen atoms in total. The second-order valence-corrected chi connectivity index (χ2v) is 7.83. The molecule has 0 atom stereocenters. The van der Waals surface area contributed by atoms with Crippen molar-refractivity contribution in [2.24, 2.45) is 0 Å². The minimum absolute atomic E-state index is 0.0385. The third-order valence-corrected chi connectivity index (χ3v) is 5.56. The Kier molecular flexibility index (Phi) is 4.72. The number of hydrogen-bond donors (Lipinski definition) is 1. The van der Waals surface area contributed by atoms with Crippen LogP contribution in [0.25, 0.3) is 16.2 Å². The first-order chi connectivity index (χ1) is 13.0. The molecular weight excluding hydrogens is 378 g/mol. The molecule has 136 valence electrons. The molecule has 0 fully saturated rings. The molecular formula is C21H18ClN3OS. The first kappa shape index (κ1) is 17.8. The number of anilines is 1. The minimum Gasteiger partial charge on any atom is -0.326 e. The molecule has 1 N–H and O–H groups in total. The molecule has 0 spiro atoms. The first-order valence-corrected chi connectivity index (χ1v) is 9.84. The van der Waals surface area contributed by atoms with Crippen LogP contribution in [0.1, 0.15) is 16.8 Å². The Morgan fingerprint density at radius 3 is 2.70 bits per heavy atom. The number of thiazole rings is 1. The summed E-state index contributed by atoms with van der Waals surface area (Å²) < 4.78 is 1.98. The van der Waals surface area contributed by atoms with E-state index in [0.717, 1.165) is 33.2 Å². The van der Waals surface area contributed by atoms with Crippen LogP contribution in [0.2, 0.25) is 5.02 Å². The summed E-state index contributed by atoms with van der Waals surface area (Å²) in [6.45, 7) is 4.04. The third-order valence-electron chi connectivity index (χ3n) is 4.42. The Balaban J connectivity index is 1.55. The van der Waals surface area contributed by atoms with Gasteiger partial charge < -0.3 is 5.32 Å². The molecule has 0 radical (unpaired) electrons. The normalized spacial score (nSPS) is 11.1. The predicted octanol–water partition coefficient (Wildman–Crippen LogP) is 5.51. The van der Waals surface area contributed by atoms with Gasteiger partial charge in [0.15, 0.2) is 4.96 Å². The average Bonchev–Trinajstić information content (AvgIpc) is 3.20. The quantitative estimate of drug-likeness (QED) is 0.495. The topological polar surface area (TPSA) is 46.4 Å². The Morgan fingerprint density at radius 2 is 1.96 bits per heavy atom. The van der Waals surface area contributed by atoms with Gasteiger partial charge in [0.1, 0.15) is 0 Å². The summed E-state index contributed by atoms with van der Waals surface area (Å²) >= 11 is 7.49. The van der Waals surface area contributed by atoms with Gasteiger partial charge in [0.05, 0.1) is 12.1 Å². The molecule has 0 saturated heterocycles. The van der Waals surface area contributed by atoms with Crippen molar-refractivity contribution in [2.75, 3.05) is 5.32 Å². The highest BCUT2D eigenvalue weighted by Gasteiger charge is 2.13. The summed E-state index contributed by atoms with van der Waals surface area (Å²) in [4.78, 5) is 18.0. The van der Waals surface area contributed by atoms with Crippen molar-refractivity contribution in [2.45, 2.75) is 20.3 Å². The fraction of sp³-hybridized carbons (Fsp3) is 0.143. The van der Waals surface area contributed by atoms with Crippen molar-refractivity contribution in [1.82, 2.24) is 9.38 Å². The largest absolute Gasteiger partial charge is 0.326 e. The summed E-state index contributed by atoms with van der Waals surface area (Å²) in [6, 6.07) is 13.6. The average molecular weight is 396 g/mol. The van der Waals surface area contributed by atoms with E-state index in [1.54, 1.807) is 0 Å². The van der Waals surface area contributed by atoms with Gasteiger partial charge in [-0.3, -0.25) is 9.20 Å². The van der Waals surface area contributed by atoms with E-state index in [1.807, 2.05) is 66.2 Å². The number of benzene rings is 2. The fourth-order valence-electron chi connectivity index (χ4n) is 3.03. The van der Waals surface area contributed by atoms with E-state index >= 15 is 0 Å². The number of carbonyl (C=O) groups is 1. The van der Waals surface area contributed by atoms with Crippen LogP contribution in [0.15, 0.2) is 54.0 Å². The molecule has 0 aliphatic heterocycles. The number of aromatic nitrogens is 2. The number of rotatable bonds is 4. The first-order valence-electron chi connectivity index (χ1n) is 8.58.